The highest BCUT2D eigenvalue weighted by atomic mass is 16.5. The van der Waals surface area contributed by atoms with E-state index in [9.17, 15) is 9.59 Å². The van der Waals surface area contributed by atoms with Gasteiger partial charge in [-0.05, 0) is 39.3 Å². The second kappa shape index (κ2) is 8.19. The van der Waals surface area contributed by atoms with Crippen LogP contribution in [0.15, 0.2) is 29.4 Å². The number of hydrogen-bond donors (Lipinski definition) is 1. The van der Waals surface area contributed by atoms with Crippen LogP contribution in [0.3, 0.4) is 0 Å². The minimum Gasteiger partial charge on any atom is -0.465 e. The van der Waals surface area contributed by atoms with Crippen LogP contribution in [0.4, 0.5) is 0 Å². The van der Waals surface area contributed by atoms with Crippen molar-refractivity contribution in [1.29, 1.82) is 0 Å². The molecule has 0 radical (unpaired) electrons. The monoisotopic (exact) mass is 290 g/mol. The first kappa shape index (κ1) is 16.9. The van der Waals surface area contributed by atoms with Crippen LogP contribution in [0.25, 0.3) is 0 Å². The lowest BCUT2D eigenvalue weighted by Crippen LogP contribution is -2.27. The molecule has 0 spiro atoms. The van der Waals surface area contributed by atoms with Crippen molar-refractivity contribution in [2.24, 2.45) is 11.0 Å². The van der Waals surface area contributed by atoms with E-state index < -0.39 is 5.92 Å². The van der Waals surface area contributed by atoms with Crippen molar-refractivity contribution in [3.05, 3.63) is 35.4 Å². The normalized spacial score (nSPS) is 12.7. The summed E-state index contributed by atoms with van der Waals surface area (Å²) in [5, 5.41) is 4.02. The summed E-state index contributed by atoms with van der Waals surface area (Å²) in [5.41, 5.74) is 4.56. The first-order chi connectivity index (χ1) is 9.99. The maximum atomic E-state index is 12.0. The highest BCUT2D eigenvalue weighted by Crippen LogP contribution is 2.08. The molecule has 0 fully saturated rings. The van der Waals surface area contributed by atoms with Crippen molar-refractivity contribution < 1.29 is 14.3 Å². The summed E-state index contributed by atoms with van der Waals surface area (Å²) in [6, 6.07) is 7.23. The summed E-state index contributed by atoms with van der Waals surface area (Å²) >= 11 is 0. The Kier molecular flexibility index (Phi) is 6.59. The molecule has 0 unspecified atom stereocenters. The smallest absolute Gasteiger partial charge is 0.314 e. The predicted molar refractivity (Wildman–Crippen MR) is 82.2 cm³/mol. The fraction of sp³-hybridized carbons (Fsp3) is 0.438. The summed E-state index contributed by atoms with van der Waals surface area (Å²) in [6.45, 7) is 7.60. The van der Waals surface area contributed by atoms with Crippen molar-refractivity contribution in [2.45, 2.75) is 34.1 Å². The van der Waals surface area contributed by atoms with E-state index in [2.05, 4.69) is 10.5 Å². The van der Waals surface area contributed by atoms with Gasteiger partial charge in [0.05, 0.1) is 12.5 Å². The van der Waals surface area contributed by atoms with Crippen molar-refractivity contribution in [3.63, 3.8) is 0 Å². The van der Waals surface area contributed by atoms with E-state index >= 15 is 0 Å². The maximum absolute atomic E-state index is 12.0. The van der Waals surface area contributed by atoms with Crippen LogP contribution < -0.4 is 5.43 Å². The summed E-state index contributed by atoms with van der Waals surface area (Å²) in [6.07, 6.45) is 0.578. The number of nitrogens with one attached hydrogen (secondary N) is 1. The number of hydrogen-bond acceptors (Lipinski definition) is 4. The quantitative estimate of drug-likeness (QED) is 0.497. The maximum Gasteiger partial charge on any atom is 0.314 e. The van der Waals surface area contributed by atoms with Gasteiger partial charge in [0.2, 0.25) is 0 Å². The SMILES string of the molecule is CCOC(=O)[C@@H](CC)C(C)=NNC(=O)c1cccc(C)c1. The highest BCUT2D eigenvalue weighted by molar-refractivity contribution is 6.02. The molecule has 1 rings (SSSR count). The Hall–Kier alpha value is -2.17. The van der Waals surface area contributed by atoms with Crippen LogP contribution in [-0.2, 0) is 9.53 Å². The topological polar surface area (TPSA) is 67.8 Å². The fourth-order valence-corrected chi connectivity index (χ4v) is 1.94. The molecule has 5 heteroatoms. The first-order valence-corrected chi connectivity index (χ1v) is 7.07. The van der Waals surface area contributed by atoms with Gasteiger partial charge in [0.25, 0.3) is 5.91 Å². The van der Waals surface area contributed by atoms with Crippen molar-refractivity contribution in [1.82, 2.24) is 5.43 Å². The molecule has 21 heavy (non-hydrogen) atoms. The van der Waals surface area contributed by atoms with Crippen LogP contribution in [0, 0.1) is 12.8 Å². The van der Waals surface area contributed by atoms with Crippen LogP contribution in [-0.4, -0.2) is 24.2 Å². The first-order valence-electron chi connectivity index (χ1n) is 7.07. The molecule has 1 aromatic carbocycles. The fourth-order valence-electron chi connectivity index (χ4n) is 1.94. The van der Waals surface area contributed by atoms with Gasteiger partial charge in [-0.3, -0.25) is 9.59 Å². The van der Waals surface area contributed by atoms with Gasteiger partial charge in [0, 0.05) is 11.3 Å². The van der Waals surface area contributed by atoms with Crippen molar-refractivity contribution >= 4 is 17.6 Å². The second-order valence-electron chi connectivity index (χ2n) is 4.78. The Morgan fingerprint density at radius 1 is 1.33 bits per heavy atom. The Morgan fingerprint density at radius 3 is 2.62 bits per heavy atom. The average molecular weight is 290 g/mol. The van der Waals surface area contributed by atoms with E-state index in [0.29, 0.717) is 24.3 Å². The average Bonchev–Trinajstić information content (AvgIpc) is 2.45. The molecule has 1 atom stereocenters. The Bertz CT molecular complexity index is 538. The summed E-state index contributed by atoms with van der Waals surface area (Å²) < 4.78 is 4.99. The lowest BCUT2D eigenvalue weighted by atomic mass is 10.0. The lowest BCUT2D eigenvalue weighted by Gasteiger charge is -2.13. The van der Waals surface area contributed by atoms with Crippen LogP contribution in [0.2, 0.25) is 0 Å². The number of carbonyl (C=O) groups excluding carboxylic acids is 2. The predicted octanol–water partition coefficient (Wildman–Crippen LogP) is 2.69. The zero-order valence-electron chi connectivity index (χ0n) is 13.0. The number of rotatable bonds is 6. The zero-order chi connectivity index (χ0) is 15.8. The molecular formula is C16H22N2O3. The van der Waals surface area contributed by atoms with Crippen molar-refractivity contribution in [3.8, 4) is 0 Å². The molecule has 5 nitrogen and oxygen atoms in total. The number of ether oxygens (including phenoxy) is 1. The van der Waals surface area contributed by atoms with Crippen LogP contribution in [0.5, 0.6) is 0 Å². The molecule has 0 bridgehead atoms. The molecule has 1 aromatic rings. The molecule has 0 aliphatic rings. The Balaban J connectivity index is 2.74. The lowest BCUT2D eigenvalue weighted by molar-refractivity contribution is -0.145. The molecular weight excluding hydrogens is 268 g/mol. The van der Waals surface area contributed by atoms with Gasteiger partial charge in [0.1, 0.15) is 0 Å². The van der Waals surface area contributed by atoms with E-state index in [1.807, 2.05) is 26.0 Å². The Morgan fingerprint density at radius 2 is 2.05 bits per heavy atom. The van der Waals surface area contributed by atoms with Gasteiger partial charge in [0.15, 0.2) is 0 Å². The number of nitrogens with zero attached hydrogens (tertiary/aromatic N) is 1. The molecule has 0 aliphatic heterocycles. The van der Waals surface area contributed by atoms with Crippen molar-refractivity contribution in [2.75, 3.05) is 6.61 Å². The van der Waals surface area contributed by atoms with Crippen LogP contribution >= 0.6 is 0 Å². The van der Waals surface area contributed by atoms with E-state index in [1.165, 1.54) is 0 Å². The molecule has 0 aromatic heterocycles. The largest absolute Gasteiger partial charge is 0.465 e. The minimum absolute atomic E-state index is 0.295. The molecule has 1 amide bonds. The van der Waals surface area contributed by atoms with Gasteiger partial charge in [-0.15, -0.1) is 0 Å². The molecule has 114 valence electrons. The number of carbonyl (C=O) groups is 2. The van der Waals surface area contributed by atoms with E-state index in [1.54, 1.807) is 26.0 Å². The number of amides is 1. The van der Waals surface area contributed by atoms with Gasteiger partial charge in [-0.1, -0.05) is 24.6 Å². The van der Waals surface area contributed by atoms with Gasteiger partial charge >= 0.3 is 5.97 Å². The summed E-state index contributed by atoms with van der Waals surface area (Å²) in [7, 11) is 0. The van der Waals surface area contributed by atoms with Gasteiger partial charge in [-0.25, -0.2) is 5.43 Å². The second-order valence-corrected chi connectivity index (χ2v) is 4.78. The molecule has 1 N–H and O–H groups in total. The third kappa shape index (κ3) is 5.02. The standard InChI is InChI=1S/C16H22N2O3/c1-5-14(16(20)21-6-2)12(4)17-18-15(19)13-9-7-8-11(3)10-13/h7-10,14H,5-6H2,1-4H3,(H,18,19)/t14-/m0/s1. The number of esters is 1. The number of aryl methyl sites for hydroxylation is 1. The van der Waals surface area contributed by atoms with Gasteiger partial charge < -0.3 is 4.74 Å². The van der Waals surface area contributed by atoms with Gasteiger partial charge in [-0.2, -0.15) is 5.10 Å². The number of hydrazone groups is 1. The van der Waals surface area contributed by atoms with Crippen LogP contribution in [0.1, 0.15) is 43.1 Å². The Labute approximate surface area is 125 Å². The third-order valence-corrected chi connectivity index (χ3v) is 3.10. The zero-order valence-corrected chi connectivity index (χ0v) is 13.0. The molecule has 0 saturated carbocycles. The third-order valence-electron chi connectivity index (χ3n) is 3.10. The molecule has 0 aliphatic carbocycles. The van der Waals surface area contributed by atoms with E-state index in [-0.39, 0.29) is 11.9 Å². The highest BCUT2D eigenvalue weighted by Gasteiger charge is 2.21. The van der Waals surface area contributed by atoms with E-state index in [0.717, 1.165) is 5.56 Å². The van der Waals surface area contributed by atoms with E-state index in [4.69, 9.17) is 4.74 Å². The molecule has 0 heterocycles. The minimum atomic E-state index is -0.428. The number of benzene rings is 1. The summed E-state index contributed by atoms with van der Waals surface area (Å²) in [5.74, 6) is -1.04. The summed E-state index contributed by atoms with van der Waals surface area (Å²) in [4.78, 5) is 23.7. The molecule has 0 saturated heterocycles.